The van der Waals surface area contributed by atoms with Crippen LogP contribution in [0.3, 0.4) is 0 Å². The van der Waals surface area contributed by atoms with Crippen LogP contribution in [-0.4, -0.2) is 20.0 Å². The second-order valence-corrected chi connectivity index (χ2v) is 8.02. The predicted molar refractivity (Wildman–Crippen MR) is 120 cm³/mol. The van der Waals surface area contributed by atoms with Gasteiger partial charge in [-0.05, 0) is 50.2 Å². The zero-order valence-electron chi connectivity index (χ0n) is 17.1. The predicted octanol–water partition coefficient (Wildman–Crippen LogP) is 4.55. The number of aryl methyl sites for hydroxylation is 2. The van der Waals surface area contributed by atoms with Gasteiger partial charge in [-0.25, -0.2) is 9.37 Å². The molecule has 3 heterocycles. The fourth-order valence-electron chi connectivity index (χ4n) is 3.51. The quantitative estimate of drug-likeness (QED) is 0.482. The molecular weight excluding hydrogens is 415 g/mol. The number of carbonyl (C=O) groups excluding carboxylic acids is 1. The number of aromatic nitrogens is 3. The first-order chi connectivity index (χ1) is 14.9. The van der Waals surface area contributed by atoms with Gasteiger partial charge in [-0.3, -0.25) is 9.59 Å². The van der Waals surface area contributed by atoms with Crippen LogP contribution >= 0.6 is 11.3 Å². The van der Waals surface area contributed by atoms with Crippen molar-refractivity contribution in [2.75, 3.05) is 5.32 Å². The number of hydrogen-bond donors (Lipinski definition) is 1. The first-order valence-electron chi connectivity index (χ1n) is 9.78. The molecule has 0 spiro atoms. The summed E-state index contributed by atoms with van der Waals surface area (Å²) in [4.78, 5) is 28.6. The number of thiazole rings is 1. The Morgan fingerprint density at radius 3 is 2.68 bits per heavy atom. The fourth-order valence-corrected chi connectivity index (χ4v) is 4.24. The molecule has 0 saturated carbocycles. The van der Waals surface area contributed by atoms with Crippen LogP contribution in [0.15, 0.2) is 64.9 Å². The lowest BCUT2D eigenvalue weighted by Crippen LogP contribution is -2.21. The van der Waals surface area contributed by atoms with Crippen molar-refractivity contribution < 1.29 is 9.18 Å². The molecule has 3 aromatic heterocycles. The topological polar surface area (TPSA) is 68.9 Å². The molecule has 1 amide bonds. The minimum atomic E-state index is -0.275. The molecule has 1 N–H and O–H groups in total. The van der Waals surface area contributed by atoms with Crippen molar-refractivity contribution in [2.45, 2.75) is 26.8 Å². The van der Waals surface area contributed by atoms with E-state index in [0.717, 1.165) is 28.3 Å². The Morgan fingerprint density at radius 1 is 1.16 bits per heavy atom. The van der Waals surface area contributed by atoms with Gasteiger partial charge >= 0.3 is 0 Å². The van der Waals surface area contributed by atoms with E-state index in [1.165, 1.54) is 34.1 Å². The van der Waals surface area contributed by atoms with Gasteiger partial charge < -0.3 is 14.5 Å². The highest BCUT2D eigenvalue weighted by Crippen LogP contribution is 2.31. The molecule has 0 aliphatic rings. The van der Waals surface area contributed by atoms with Crippen LogP contribution in [0.4, 0.5) is 9.52 Å². The number of pyridine rings is 1. The highest BCUT2D eigenvalue weighted by molar-refractivity contribution is 7.14. The van der Waals surface area contributed by atoms with Gasteiger partial charge in [0.1, 0.15) is 5.82 Å². The maximum Gasteiger partial charge on any atom is 0.250 e. The van der Waals surface area contributed by atoms with Crippen molar-refractivity contribution in [3.05, 3.63) is 87.7 Å². The molecule has 0 radical (unpaired) electrons. The Morgan fingerprint density at radius 2 is 1.94 bits per heavy atom. The molecular formula is C23H21FN4O2S. The summed E-state index contributed by atoms with van der Waals surface area (Å²) in [6.45, 7) is 4.28. The standard InChI is InChI=1S/C23H21FN4O2S/c1-15-13-19(16(2)28(15)18-8-6-17(24)7-9-18)20-14-31-23(25-20)26-21(29)10-12-27-11-4-3-5-22(27)30/h3-9,11,13-14H,10,12H2,1-2H3,(H,25,26,29). The van der Waals surface area contributed by atoms with E-state index >= 15 is 0 Å². The van der Waals surface area contributed by atoms with Gasteiger partial charge in [-0.15, -0.1) is 11.3 Å². The van der Waals surface area contributed by atoms with Crippen LogP contribution in [0.2, 0.25) is 0 Å². The molecule has 8 heteroatoms. The van der Waals surface area contributed by atoms with Gasteiger partial charge in [-0.1, -0.05) is 6.07 Å². The smallest absolute Gasteiger partial charge is 0.250 e. The van der Waals surface area contributed by atoms with Crippen LogP contribution in [0.1, 0.15) is 17.8 Å². The summed E-state index contributed by atoms with van der Waals surface area (Å²) in [5, 5.41) is 5.21. The Kier molecular flexibility index (Phi) is 5.81. The molecule has 0 aliphatic heterocycles. The normalized spacial score (nSPS) is 10.9. The zero-order chi connectivity index (χ0) is 22.0. The minimum Gasteiger partial charge on any atom is -0.318 e. The number of amides is 1. The van der Waals surface area contributed by atoms with Gasteiger partial charge in [0.05, 0.1) is 5.69 Å². The van der Waals surface area contributed by atoms with E-state index in [-0.39, 0.29) is 23.7 Å². The summed E-state index contributed by atoms with van der Waals surface area (Å²) in [6.07, 6.45) is 1.84. The van der Waals surface area contributed by atoms with Gasteiger partial charge in [0.2, 0.25) is 5.91 Å². The molecule has 0 aliphatic carbocycles. The SMILES string of the molecule is Cc1cc(-c2csc(NC(=O)CCn3ccccc3=O)n2)c(C)n1-c1ccc(F)cc1. The Labute approximate surface area is 182 Å². The molecule has 0 fully saturated rings. The van der Waals surface area contributed by atoms with Crippen LogP contribution in [-0.2, 0) is 11.3 Å². The van der Waals surface area contributed by atoms with Crippen molar-refractivity contribution in [1.29, 1.82) is 0 Å². The molecule has 4 rings (SSSR count). The van der Waals surface area contributed by atoms with E-state index in [2.05, 4.69) is 10.3 Å². The van der Waals surface area contributed by atoms with E-state index < -0.39 is 0 Å². The lowest BCUT2D eigenvalue weighted by Gasteiger charge is -2.09. The van der Waals surface area contributed by atoms with Gasteiger partial charge in [0.15, 0.2) is 5.13 Å². The molecule has 4 aromatic rings. The highest BCUT2D eigenvalue weighted by Gasteiger charge is 2.16. The number of benzene rings is 1. The van der Waals surface area contributed by atoms with E-state index in [4.69, 9.17) is 0 Å². The zero-order valence-corrected chi connectivity index (χ0v) is 17.9. The Bertz CT molecular complexity index is 1290. The summed E-state index contributed by atoms with van der Waals surface area (Å²) in [5.41, 5.74) is 4.45. The van der Waals surface area contributed by atoms with Crippen molar-refractivity contribution in [1.82, 2.24) is 14.1 Å². The van der Waals surface area contributed by atoms with Gasteiger partial charge in [0, 0.05) is 53.2 Å². The third-order valence-electron chi connectivity index (χ3n) is 5.02. The van der Waals surface area contributed by atoms with Crippen molar-refractivity contribution in [3.8, 4) is 16.9 Å². The number of hydrogen-bond acceptors (Lipinski definition) is 4. The molecule has 1 aromatic carbocycles. The third-order valence-corrected chi connectivity index (χ3v) is 5.78. The Hall–Kier alpha value is -3.52. The van der Waals surface area contributed by atoms with Crippen LogP contribution in [0.25, 0.3) is 16.9 Å². The summed E-state index contributed by atoms with van der Waals surface area (Å²) >= 11 is 1.35. The van der Waals surface area contributed by atoms with Crippen molar-refractivity contribution in [3.63, 3.8) is 0 Å². The van der Waals surface area contributed by atoms with Gasteiger partial charge in [-0.2, -0.15) is 0 Å². The first-order valence-corrected chi connectivity index (χ1v) is 10.7. The fraction of sp³-hybridized carbons (Fsp3) is 0.174. The van der Waals surface area contributed by atoms with E-state index in [1.807, 2.05) is 29.9 Å². The summed E-state index contributed by atoms with van der Waals surface area (Å²) in [5.74, 6) is -0.475. The summed E-state index contributed by atoms with van der Waals surface area (Å²) in [7, 11) is 0. The number of nitrogens with zero attached hydrogens (tertiary/aromatic N) is 3. The summed E-state index contributed by atoms with van der Waals surface area (Å²) in [6, 6.07) is 13.3. The van der Waals surface area contributed by atoms with Crippen LogP contribution in [0.5, 0.6) is 0 Å². The average Bonchev–Trinajstić information content (AvgIpc) is 3.32. The first kappa shape index (κ1) is 20.7. The number of halogens is 1. The second-order valence-electron chi connectivity index (χ2n) is 7.16. The lowest BCUT2D eigenvalue weighted by atomic mass is 10.2. The minimum absolute atomic E-state index is 0.136. The molecule has 31 heavy (non-hydrogen) atoms. The number of carbonyl (C=O) groups is 1. The highest BCUT2D eigenvalue weighted by atomic mass is 32.1. The molecule has 6 nitrogen and oxygen atoms in total. The maximum absolute atomic E-state index is 13.3. The van der Waals surface area contributed by atoms with Crippen molar-refractivity contribution in [2.24, 2.45) is 0 Å². The number of rotatable bonds is 6. The number of nitrogens with one attached hydrogen (secondary N) is 1. The van der Waals surface area contributed by atoms with Gasteiger partial charge in [0.25, 0.3) is 5.56 Å². The largest absolute Gasteiger partial charge is 0.318 e. The molecule has 0 bridgehead atoms. The lowest BCUT2D eigenvalue weighted by molar-refractivity contribution is -0.116. The van der Waals surface area contributed by atoms with E-state index in [9.17, 15) is 14.0 Å². The average molecular weight is 437 g/mol. The van der Waals surface area contributed by atoms with E-state index in [0.29, 0.717) is 11.7 Å². The van der Waals surface area contributed by atoms with E-state index in [1.54, 1.807) is 30.5 Å². The third kappa shape index (κ3) is 4.49. The molecule has 158 valence electrons. The second kappa shape index (κ2) is 8.69. The van der Waals surface area contributed by atoms with Crippen LogP contribution < -0.4 is 10.9 Å². The molecule has 0 unspecified atom stereocenters. The van der Waals surface area contributed by atoms with Crippen molar-refractivity contribution >= 4 is 22.4 Å². The number of anilines is 1. The Balaban J connectivity index is 1.48. The molecule has 0 saturated heterocycles. The monoisotopic (exact) mass is 436 g/mol. The van der Waals surface area contributed by atoms with Crippen LogP contribution in [0, 0.1) is 19.7 Å². The molecule has 0 atom stereocenters. The summed E-state index contributed by atoms with van der Waals surface area (Å²) < 4.78 is 16.8. The maximum atomic E-state index is 13.3.